The largest absolute Gasteiger partial charge is 0.497 e. The second kappa shape index (κ2) is 11.6. The number of amides is 1. The second-order valence-corrected chi connectivity index (χ2v) is 10.3. The Labute approximate surface area is 213 Å². The summed E-state index contributed by atoms with van der Waals surface area (Å²) in [5.74, 6) is 2.19. The van der Waals surface area contributed by atoms with E-state index in [1.165, 1.54) is 23.1 Å². The fourth-order valence-corrected chi connectivity index (χ4v) is 6.22. The lowest BCUT2D eigenvalue weighted by molar-refractivity contribution is -0.113. The van der Waals surface area contributed by atoms with Crippen molar-refractivity contribution in [3.8, 4) is 17.6 Å². The molecule has 0 bridgehead atoms. The molecule has 10 heteroatoms. The summed E-state index contributed by atoms with van der Waals surface area (Å²) in [6.45, 7) is 4.58. The highest BCUT2D eigenvalue weighted by atomic mass is 32.2. The van der Waals surface area contributed by atoms with E-state index < -0.39 is 0 Å². The number of nitrogens with zero attached hydrogens (tertiary/aromatic N) is 4. The number of nitrogens with one attached hydrogen (secondary N) is 1. The third-order valence-corrected chi connectivity index (χ3v) is 8.09. The van der Waals surface area contributed by atoms with Crippen molar-refractivity contribution in [2.24, 2.45) is 0 Å². The van der Waals surface area contributed by atoms with Gasteiger partial charge < -0.3 is 19.4 Å². The molecular formula is C25H29N5O3S2. The number of benzene rings is 1. The van der Waals surface area contributed by atoms with E-state index in [-0.39, 0.29) is 17.8 Å². The monoisotopic (exact) mass is 511 g/mol. The zero-order valence-corrected chi connectivity index (χ0v) is 21.8. The average molecular weight is 512 g/mol. The predicted molar refractivity (Wildman–Crippen MR) is 137 cm³/mol. The van der Waals surface area contributed by atoms with Gasteiger partial charge in [0.2, 0.25) is 5.91 Å². The SMILES string of the molecule is CCn1c(SCC(=O)Nc2sc3c(c2C#N)CCCCC3)nnc1C(C)Oc1ccc(OC)cc1. The molecule has 2 aromatic heterocycles. The first-order valence-corrected chi connectivity index (χ1v) is 13.5. The highest BCUT2D eigenvalue weighted by Gasteiger charge is 2.22. The minimum Gasteiger partial charge on any atom is -0.497 e. The lowest BCUT2D eigenvalue weighted by Crippen LogP contribution is -2.15. The molecule has 1 N–H and O–H groups in total. The molecule has 0 fully saturated rings. The van der Waals surface area contributed by atoms with Gasteiger partial charge in [-0.25, -0.2) is 0 Å². The van der Waals surface area contributed by atoms with E-state index in [1.54, 1.807) is 18.4 Å². The molecule has 4 rings (SSSR count). The van der Waals surface area contributed by atoms with Gasteiger partial charge in [-0.05, 0) is 69.4 Å². The second-order valence-electron chi connectivity index (χ2n) is 8.24. The van der Waals surface area contributed by atoms with E-state index in [2.05, 4.69) is 21.6 Å². The number of aromatic nitrogens is 3. The van der Waals surface area contributed by atoms with Crippen LogP contribution in [-0.2, 0) is 24.2 Å². The van der Waals surface area contributed by atoms with Gasteiger partial charge in [0.25, 0.3) is 0 Å². The molecule has 1 aliphatic carbocycles. The Hall–Kier alpha value is -3.03. The number of hydrogen-bond acceptors (Lipinski definition) is 8. The van der Waals surface area contributed by atoms with Crippen molar-refractivity contribution in [1.29, 1.82) is 5.26 Å². The maximum Gasteiger partial charge on any atom is 0.235 e. The number of ether oxygens (including phenoxy) is 2. The number of aryl methyl sites for hydroxylation is 1. The van der Waals surface area contributed by atoms with Gasteiger partial charge in [-0.3, -0.25) is 4.79 Å². The third kappa shape index (κ3) is 5.80. The summed E-state index contributed by atoms with van der Waals surface area (Å²) in [4.78, 5) is 14.0. The molecule has 1 aromatic carbocycles. The zero-order valence-electron chi connectivity index (χ0n) is 20.2. The molecule has 0 saturated heterocycles. The highest BCUT2D eigenvalue weighted by Crippen LogP contribution is 2.37. The van der Waals surface area contributed by atoms with Crippen molar-refractivity contribution in [1.82, 2.24) is 14.8 Å². The van der Waals surface area contributed by atoms with Crippen LogP contribution in [0.15, 0.2) is 29.4 Å². The molecule has 1 atom stereocenters. The minimum absolute atomic E-state index is 0.155. The molecule has 0 radical (unpaired) electrons. The first-order valence-electron chi connectivity index (χ1n) is 11.7. The smallest absolute Gasteiger partial charge is 0.235 e. The van der Waals surface area contributed by atoms with Crippen LogP contribution >= 0.6 is 23.1 Å². The van der Waals surface area contributed by atoms with E-state index in [9.17, 15) is 10.1 Å². The van der Waals surface area contributed by atoms with Crippen LogP contribution in [-0.4, -0.2) is 33.5 Å². The van der Waals surface area contributed by atoms with Crippen molar-refractivity contribution in [3.63, 3.8) is 0 Å². The number of nitriles is 1. The van der Waals surface area contributed by atoms with E-state index >= 15 is 0 Å². The lowest BCUT2D eigenvalue weighted by atomic mass is 10.1. The summed E-state index contributed by atoms with van der Waals surface area (Å²) in [6, 6.07) is 9.70. The summed E-state index contributed by atoms with van der Waals surface area (Å²) >= 11 is 2.87. The Morgan fingerprint density at radius 1 is 1.23 bits per heavy atom. The van der Waals surface area contributed by atoms with Gasteiger partial charge in [0.1, 0.15) is 22.6 Å². The molecule has 1 amide bonds. The number of carbonyl (C=O) groups is 1. The number of anilines is 1. The number of methoxy groups -OCH3 is 1. The summed E-state index contributed by atoms with van der Waals surface area (Å²) in [5, 5.41) is 22.6. The summed E-state index contributed by atoms with van der Waals surface area (Å²) in [6.07, 6.45) is 5.00. The molecule has 0 spiro atoms. The average Bonchev–Trinajstić information content (AvgIpc) is 3.35. The van der Waals surface area contributed by atoms with Crippen LogP contribution in [0, 0.1) is 11.3 Å². The van der Waals surface area contributed by atoms with E-state index in [0.717, 1.165) is 37.0 Å². The van der Waals surface area contributed by atoms with Gasteiger partial charge in [0.15, 0.2) is 17.1 Å². The van der Waals surface area contributed by atoms with Crippen molar-refractivity contribution < 1.29 is 14.3 Å². The minimum atomic E-state index is -0.321. The molecule has 0 saturated carbocycles. The normalized spacial score (nSPS) is 13.9. The number of rotatable bonds is 9. The summed E-state index contributed by atoms with van der Waals surface area (Å²) < 4.78 is 13.2. The maximum atomic E-state index is 12.7. The maximum absolute atomic E-state index is 12.7. The number of hydrogen-bond donors (Lipinski definition) is 1. The molecule has 184 valence electrons. The first kappa shape index (κ1) is 25.1. The topological polar surface area (TPSA) is 102 Å². The van der Waals surface area contributed by atoms with Crippen LogP contribution < -0.4 is 14.8 Å². The quantitative estimate of drug-likeness (QED) is 0.304. The van der Waals surface area contributed by atoms with Crippen LogP contribution in [0.5, 0.6) is 11.5 Å². The number of carbonyl (C=O) groups excluding carboxylic acids is 1. The lowest BCUT2D eigenvalue weighted by Gasteiger charge is -2.15. The van der Waals surface area contributed by atoms with Gasteiger partial charge in [-0.1, -0.05) is 18.2 Å². The third-order valence-electron chi connectivity index (χ3n) is 5.92. The highest BCUT2D eigenvalue weighted by molar-refractivity contribution is 7.99. The number of thioether (sulfide) groups is 1. The van der Waals surface area contributed by atoms with Gasteiger partial charge in [0, 0.05) is 11.4 Å². The molecule has 1 unspecified atom stereocenters. The molecule has 3 aromatic rings. The fraction of sp³-hybridized carbons (Fsp3) is 0.440. The van der Waals surface area contributed by atoms with Crippen molar-refractivity contribution in [2.75, 3.05) is 18.2 Å². The van der Waals surface area contributed by atoms with Gasteiger partial charge in [-0.15, -0.1) is 21.5 Å². The fourth-order valence-electron chi connectivity index (χ4n) is 4.16. The van der Waals surface area contributed by atoms with E-state index in [0.29, 0.717) is 33.8 Å². The zero-order chi connectivity index (χ0) is 24.8. The predicted octanol–water partition coefficient (Wildman–Crippen LogP) is 5.38. The van der Waals surface area contributed by atoms with Gasteiger partial charge in [0.05, 0.1) is 18.4 Å². The van der Waals surface area contributed by atoms with Crippen LogP contribution in [0.3, 0.4) is 0 Å². The van der Waals surface area contributed by atoms with Crippen LogP contribution in [0.25, 0.3) is 0 Å². The standard InChI is InChI=1S/C25H29N5O3S2/c1-4-30-23(16(2)33-18-12-10-17(32-3)11-13-18)28-29-25(30)34-15-22(31)27-24-20(14-26)19-8-6-5-7-9-21(19)35-24/h10-13,16H,4-9,15H2,1-3H3,(H,27,31). The van der Waals surface area contributed by atoms with Crippen molar-refractivity contribution in [2.45, 2.75) is 63.8 Å². The van der Waals surface area contributed by atoms with Gasteiger partial charge >= 0.3 is 0 Å². The molecule has 8 nitrogen and oxygen atoms in total. The Morgan fingerprint density at radius 2 is 1.97 bits per heavy atom. The molecular weight excluding hydrogens is 482 g/mol. The van der Waals surface area contributed by atoms with Crippen molar-refractivity contribution >= 4 is 34.0 Å². The molecule has 0 aliphatic heterocycles. The van der Waals surface area contributed by atoms with E-state index in [4.69, 9.17) is 9.47 Å². The van der Waals surface area contributed by atoms with E-state index in [1.807, 2.05) is 42.7 Å². The van der Waals surface area contributed by atoms with Crippen LogP contribution in [0.4, 0.5) is 5.00 Å². The van der Waals surface area contributed by atoms with Crippen LogP contribution in [0.1, 0.15) is 61.0 Å². The first-order chi connectivity index (χ1) is 17.0. The Balaban J connectivity index is 1.39. The Bertz CT molecular complexity index is 1210. The number of thiophene rings is 1. The summed E-state index contributed by atoms with van der Waals surface area (Å²) in [7, 11) is 1.62. The Kier molecular flexibility index (Phi) is 8.31. The molecule has 1 aliphatic rings. The molecule has 2 heterocycles. The summed E-state index contributed by atoms with van der Waals surface area (Å²) in [5.41, 5.74) is 1.76. The Morgan fingerprint density at radius 3 is 2.69 bits per heavy atom. The number of fused-ring (bicyclic) bond motifs is 1. The van der Waals surface area contributed by atoms with Gasteiger partial charge in [-0.2, -0.15) is 5.26 Å². The van der Waals surface area contributed by atoms with Crippen molar-refractivity contribution in [3.05, 3.63) is 46.1 Å². The van der Waals surface area contributed by atoms with Crippen LogP contribution in [0.2, 0.25) is 0 Å². The molecule has 35 heavy (non-hydrogen) atoms.